The van der Waals surface area contributed by atoms with Crippen molar-refractivity contribution in [3.05, 3.63) is 40.6 Å². The highest BCUT2D eigenvalue weighted by atomic mass is 35.5. The number of halogens is 1. The molecule has 0 aliphatic carbocycles. The van der Waals surface area contributed by atoms with Crippen molar-refractivity contribution < 1.29 is 14.6 Å². The van der Waals surface area contributed by atoms with Gasteiger partial charge in [-0.25, -0.2) is 9.79 Å². The minimum atomic E-state index is -0.790. The molecule has 0 unspecified atom stereocenters. The molecule has 0 amide bonds. The number of carbonyl (C=O) groups excluding carboxylic acids is 1. The fourth-order valence-electron chi connectivity index (χ4n) is 1.40. The first-order valence-electron chi connectivity index (χ1n) is 5.81. The van der Waals surface area contributed by atoms with Crippen LogP contribution in [0.4, 0.5) is 5.69 Å². The number of hydrogen-bond acceptors (Lipinski definition) is 5. The number of hydrogen-bond donors (Lipinski definition) is 1. The fourth-order valence-corrected chi connectivity index (χ4v) is 1.53. The molecular formula is C14H13ClN2O3. The van der Waals surface area contributed by atoms with Gasteiger partial charge in [-0.05, 0) is 38.1 Å². The lowest BCUT2D eigenvalue weighted by molar-refractivity contribution is -0.138. The van der Waals surface area contributed by atoms with Crippen molar-refractivity contribution in [3.63, 3.8) is 0 Å². The topological polar surface area (TPSA) is 82.7 Å². The number of aliphatic imine (C=N–C) groups is 1. The van der Waals surface area contributed by atoms with Crippen LogP contribution in [0.1, 0.15) is 13.8 Å². The van der Waals surface area contributed by atoms with E-state index in [1.165, 1.54) is 6.92 Å². The second kappa shape index (κ2) is 7.31. The zero-order valence-corrected chi connectivity index (χ0v) is 11.8. The summed E-state index contributed by atoms with van der Waals surface area (Å²) in [7, 11) is 0. The molecule has 0 heterocycles. The van der Waals surface area contributed by atoms with Crippen molar-refractivity contribution in [2.24, 2.45) is 4.99 Å². The van der Waals surface area contributed by atoms with E-state index in [0.29, 0.717) is 10.7 Å². The van der Waals surface area contributed by atoms with E-state index in [4.69, 9.17) is 21.6 Å². The predicted molar refractivity (Wildman–Crippen MR) is 76.1 cm³/mol. The molecule has 1 N–H and O–H groups in total. The molecule has 104 valence electrons. The smallest absolute Gasteiger partial charge is 0.344 e. The standard InChI is InChI=1S/C14H13ClN2O3/c1-3-20-14(19)13(9(2)18)12(8-16)17-11-6-4-10(15)5-7-11/h4-7,18H,3H2,1-2H3/b13-9-,17-12?. The number of esters is 1. The summed E-state index contributed by atoms with van der Waals surface area (Å²) >= 11 is 5.75. The van der Waals surface area contributed by atoms with Gasteiger partial charge in [-0.2, -0.15) is 5.26 Å². The highest BCUT2D eigenvalue weighted by Gasteiger charge is 2.21. The number of aliphatic hydroxyl groups is 1. The molecule has 1 aromatic carbocycles. The Morgan fingerprint density at radius 1 is 1.45 bits per heavy atom. The first kappa shape index (κ1) is 15.7. The second-order valence-corrected chi connectivity index (χ2v) is 4.17. The van der Waals surface area contributed by atoms with E-state index in [1.54, 1.807) is 37.3 Å². The van der Waals surface area contributed by atoms with Crippen molar-refractivity contribution in [2.75, 3.05) is 6.61 Å². The fraction of sp³-hybridized carbons (Fsp3) is 0.214. The van der Waals surface area contributed by atoms with Gasteiger partial charge in [-0.3, -0.25) is 0 Å². The van der Waals surface area contributed by atoms with Crippen LogP contribution in [0, 0.1) is 11.3 Å². The van der Waals surface area contributed by atoms with Gasteiger partial charge in [0.25, 0.3) is 0 Å². The van der Waals surface area contributed by atoms with Crippen LogP contribution in [0.25, 0.3) is 0 Å². The maximum Gasteiger partial charge on any atom is 0.344 e. The zero-order valence-electron chi connectivity index (χ0n) is 11.1. The molecular weight excluding hydrogens is 280 g/mol. The molecule has 0 aliphatic heterocycles. The van der Waals surface area contributed by atoms with Crippen LogP contribution in [-0.2, 0) is 9.53 Å². The molecule has 0 atom stereocenters. The lowest BCUT2D eigenvalue weighted by Gasteiger charge is -2.06. The average molecular weight is 293 g/mol. The molecule has 0 aliphatic rings. The zero-order chi connectivity index (χ0) is 15.1. The van der Waals surface area contributed by atoms with Gasteiger partial charge in [0.1, 0.15) is 17.4 Å². The normalized spacial score (nSPS) is 12.4. The number of carbonyl (C=O) groups is 1. The molecule has 0 radical (unpaired) electrons. The van der Waals surface area contributed by atoms with Gasteiger partial charge >= 0.3 is 5.97 Å². The number of allylic oxidation sites excluding steroid dienone is 1. The first-order valence-corrected chi connectivity index (χ1v) is 6.19. The summed E-state index contributed by atoms with van der Waals surface area (Å²) in [5, 5.41) is 19.2. The SMILES string of the molecule is CCOC(=O)/C(C(C#N)=Nc1ccc(Cl)cc1)=C(/C)O. The van der Waals surface area contributed by atoms with Gasteiger partial charge in [0.05, 0.1) is 12.3 Å². The van der Waals surface area contributed by atoms with Gasteiger partial charge in [0, 0.05) is 5.02 Å². The summed E-state index contributed by atoms with van der Waals surface area (Å²) in [6.45, 7) is 3.06. The third-order valence-electron chi connectivity index (χ3n) is 2.25. The molecule has 0 saturated carbocycles. The third kappa shape index (κ3) is 4.11. The molecule has 1 rings (SSSR count). The van der Waals surface area contributed by atoms with E-state index in [-0.39, 0.29) is 23.7 Å². The molecule has 6 heteroatoms. The summed E-state index contributed by atoms with van der Waals surface area (Å²) in [4.78, 5) is 15.8. The molecule has 0 aromatic heterocycles. The highest BCUT2D eigenvalue weighted by molar-refractivity contribution is 6.30. The number of aliphatic hydroxyl groups excluding tert-OH is 1. The first-order chi connectivity index (χ1) is 9.49. The van der Waals surface area contributed by atoms with Crippen molar-refractivity contribution in [1.29, 1.82) is 5.26 Å². The van der Waals surface area contributed by atoms with Crippen LogP contribution in [0.2, 0.25) is 5.02 Å². The van der Waals surface area contributed by atoms with E-state index in [2.05, 4.69) is 4.99 Å². The average Bonchev–Trinajstić information content (AvgIpc) is 2.40. The van der Waals surface area contributed by atoms with Gasteiger partial charge in [0.15, 0.2) is 5.71 Å². The molecule has 20 heavy (non-hydrogen) atoms. The minimum absolute atomic E-state index is 0.134. The molecule has 0 saturated heterocycles. The Morgan fingerprint density at radius 2 is 2.05 bits per heavy atom. The van der Waals surface area contributed by atoms with Crippen molar-refractivity contribution >= 4 is 29.0 Å². The van der Waals surface area contributed by atoms with E-state index in [9.17, 15) is 9.90 Å². The van der Waals surface area contributed by atoms with Crippen molar-refractivity contribution in [2.45, 2.75) is 13.8 Å². The maximum absolute atomic E-state index is 11.7. The number of rotatable bonds is 4. The summed E-state index contributed by atoms with van der Waals surface area (Å²) in [5.41, 5.74) is -0.0240. The number of nitrogens with zero attached hydrogens (tertiary/aromatic N) is 2. The molecule has 1 aromatic rings. The van der Waals surface area contributed by atoms with E-state index < -0.39 is 5.97 Å². The van der Waals surface area contributed by atoms with Gasteiger partial charge < -0.3 is 9.84 Å². The second-order valence-electron chi connectivity index (χ2n) is 3.73. The van der Waals surface area contributed by atoms with Gasteiger partial charge in [-0.1, -0.05) is 11.6 Å². The predicted octanol–water partition coefficient (Wildman–Crippen LogP) is 3.33. The quantitative estimate of drug-likeness (QED) is 0.399. The van der Waals surface area contributed by atoms with Crippen LogP contribution in [0.5, 0.6) is 0 Å². The Hall–Kier alpha value is -2.32. The highest BCUT2D eigenvalue weighted by Crippen LogP contribution is 2.18. The third-order valence-corrected chi connectivity index (χ3v) is 2.50. The number of nitriles is 1. The Balaban J connectivity index is 3.22. The summed E-state index contributed by atoms with van der Waals surface area (Å²) in [6, 6.07) is 8.18. The summed E-state index contributed by atoms with van der Waals surface area (Å²) in [6.07, 6.45) is 0. The van der Waals surface area contributed by atoms with Crippen LogP contribution >= 0.6 is 11.6 Å². The lowest BCUT2D eigenvalue weighted by Crippen LogP contribution is -2.16. The lowest BCUT2D eigenvalue weighted by atomic mass is 10.1. The Morgan fingerprint density at radius 3 is 2.50 bits per heavy atom. The summed E-state index contributed by atoms with van der Waals surface area (Å²) in [5.74, 6) is -1.11. The van der Waals surface area contributed by atoms with E-state index >= 15 is 0 Å². The monoisotopic (exact) mass is 292 g/mol. The van der Waals surface area contributed by atoms with Crippen molar-refractivity contribution in [3.8, 4) is 6.07 Å². The van der Waals surface area contributed by atoms with Crippen LogP contribution in [0.15, 0.2) is 40.6 Å². The minimum Gasteiger partial charge on any atom is -0.512 e. The maximum atomic E-state index is 11.7. The Bertz CT molecular complexity index is 594. The van der Waals surface area contributed by atoms with Crippen LogP contribution in [0.3, 0.4) is 0 Å². The van der Waals surface area contributed by atoms with E-state index in [0.717, 1.165) is 0 Å². The van der Waals surface area contributed by atoms with E-state index in [1.807, 2.05) is 0 Å². The molecule has 0 spiro atoms. The molecule has 0 fully saturated rings. The Kier molecular flexibility index (Phi) is 5.75. The van der Waals surface area contributed by atoms with Gasteiger partial charge in [0.2, 0.25) is 0 Å². The summed E-state index contributed by atoms with van der Waals surface area (Å²) < 4.78 is 4.80. The molecule has 0 bridgehead atoms. The number of benzene rings is 1. The van der Waals surface area contributed by atoms with Crippen LogP contribution < -0.4 is 0 Å². The largest absolute Gasteiger partial charge is 0.512 e. The number of ether oxygens (including phenoxy) is 1. The van der Waals surface area contributed by atoms with Gasteiger partial charge in [-0.15, -0.1) is 0 Å². The van der Waals surface area contributed by atoms with Crippen molar-refractivity contribution in [1.82, 2.24) is 0 Å². The molecule has 5 nitrogen and oxygen atoms in total. The Labute approximate surface area is 121 Å². The van der Waals surface area contributed by atoms with Crippen LogP contribution in [-0.4, -0.2) is 23.4 Å².